The molecule has 1 amide bonds. The Kier molecular flexibility index (Phi) is 4.99. The van der Waals surface area contributed by atoms with Crippen molar-refractivity contribution in [2.24, 2.45) is 0 Å². The summed E-state index contributed by atoms with van der Waals surface area (Å²) in [6.45, 7) is 5.15. The first-order chi connectivity index (χ1) is 9.14. The molecular formula is C13H16BrNO5. The molecule has 0 heterocycles. The SMILES string of the molecule is COc1cc(C(=O)O)c(NC(=O)OC(C)(C)C)cc1Br. The van der Waals surface area contributed by atoms with Crippen LogP contribution in [0.2, 0.25) is 0 Å². The Bertz CT molecular complexity index is 536. The lowest BCUT2D eigenvalue weighted by Gasteiger charge is -2.20. The summed E-state index contributed by atoms with van der Waals surface area (Å²) in [6, 6.07) is 2.77. The highest BCUT2D eigenvalue weighted by Crippen LogP contribution is 2.31. The van der Waals surface area contributed by atoms with Crippen LogP contribution in [0.15, 0.2) is 16.6 Å². The van der Waals surface area contributed by atoms with Gasteiger partial charge in [-0.25, -0.2) is 9.59 Å². The van der Waals surface area contributed by atoms with Crippen LogP contribution in [0.1, 0.15) is 31.1 Å². The minimum Gasteiger partial charge on any atom is -0.496 e. The van der Waals surface area contributed by atoms with Gasteiger partial charge in [0.2, 0.25) is 0 Å². The van der Waals surface area contributed by atoms with E-state index in [0.717, 1.165) is 0 Å². The third-order valence-corrected chi connectivity index (χ3v) is 2.78. The quantitative estimate of drug-likeness (QED) is 0.875. The van der Waals surface area contributed by atoms with Crippen LogP contribution in [0.4, 0.5) is 10.5 Å². The monoisotopic (exact) mass is 345 g/mol. The van der Waals surface area contributed by atoms with Gasteiger partial charge in [0.1, 0.15) is 11.4 Å². The van der Waals surface area contributed by atoms with Gasteiger partial charge in [-0.1, -0.05) is 0 Å². The molecule has 0 fully saturated rings. The summed E-state index contributed by atoms with van der Waals surface area (Å²) >= 11 is 3.23. The molecule has 0 aliphatic rings. The number of rotatable bonds is 3. The van der Waals surface area contributed by atoms with Crippen molar-refractivity contribution in [3.8, 4) is 5.75 Å². The number of hydrogen-bond donors (Lipinski definition) is 2. The Morgan fingerprint density at radius 2 is 1.90 bits per heavy atom. The van der Waals surface area contributed by atoms with Crippen molar-refractivity contribution >= 4 is 33.7 Å². The summed E-state index contributed by atoms with van der Waals surface area (Å²) in [5.74, 6) is -0.820. The fourth-order valence-electron chi connectivity index (χ4n) is 1.40. The van der Waals surface area contributed by atoms with Gasteiger partial charge in [0.05, 0.1) is 22.8 Å². The van der Waals surface area contributed by atoms with Crippen LogP contribution in [0.3, 0.4) is 0 Å². The Morgan fingerprint density at radius 1 is 1.30 bits per heavy atom. The molecule has 0 saturated heterocycles. The van der Waals surface area contributed by atoms with Crippen LogP contribution in [0, 0.1) is 0 Å². The van der Waals surface area contributed by atoms with E-state index in [-0.39, 0.29) is 11.3 Å². The van der Waals surface area contributed by atoms with E-state index in [4.69, 9.17) is 14.6 Å². The molecule has 0 atom stereocenters. The predicted octanol–water partition coefficient (Wildman–Crippen LogP) is 3.50. The summed E-state index contributed by atoms with van der Waals surface area (Å²) < 4.78 is 10.6. The Labute approximate surface area is 125 Å². The van der Waals surface area contributed by atoms with Gasteiger partial charge < -0.3 is 14.6 Å². The van der Waals surface area contributed by atoms with Crippen molar-refractivity contribution in [1.29, 1.82) is 0 Å². The van der Waals surface area contributed by atoms with E-state index >= 15 is 0 Å². The maximum absolute atomic E-state index is 11.7. The highest BCUT2D eigenvalue weighted by Gasteiger charge is 2.20. The van der Waals surface area contributed by atoms with Crippen LogP contribution in [-0.4, -0.2) is 29.9 Å². The molecule has 2 N–H and O–H groups in total. The topological polar surface area (TPSA) is 84.9 Å². The van der Waals surface area contributed by atoms with Crippen molar-refractivity contribution in [2.45, 2.75) is 26.4 Å². The zero-order chi connectivity index (χ0) is 15.5. The molecule has 0 unspecified atom stereocenters. The largest absolute Gasteiger partial charge is 0.496 e. The van der Waals surface area contributed by atoms with Crippen molar-refractivity contribution in [2.75, 3.05) is 12.4 Å². The molecule has 0 aromatic heterocycles. The third-order valence-electron chi connectivity index (χ3n) is 2.16. The van der Waals surface area contributed by atoms with E-state index in [1.165, 1.54) is 19.2 Å². The van der Waals surface area contributed by atoms with Gasteiger partial charge >= 0.3 is 12.1 Å². The number of carboxylic acids is 1. The second kappa shape index (κ2) is 6.13. The first-order valence-corrected chi connectivity index (χ1v) is 6.54. The molecule has 1 aromatic carbocycles. The number of methoxy groups -OCH3 is 1. The van der Waals surface area contributed by atoms with Crippen molar-refractivity contribution in [1.82, 2.24) is 0 Å². The van der Waals surface area contributed by atoms with Crippen LogP contribution < -0.4 is 10.1 Å². The number of nitrogens with one attached hydrogen (secondary N) is 1. The minimum absolute atomic E-state index is 0.0871. The standard InChI is InChI=1S/C13H16BrNO5/c1-13(2,3)20-12(18)15-9-6-8(14)10(19-4)5-7(9)11(16)17/h5-6H,1-4H3,(H,15,18)(H,16,17). The molecule has 1 aromatic rings. The maximum Gasteiger partial charge on any atom is 0.412 e. The van der Waals surface area contributed by atoms with Gasteiger partial charge in [-0.3, -0.25) is 5.32 Å². The van der Waals surface area contributed by atoms with E-state index in [1.54, 1.807) is 20.8 Å². The number of carboxylic acid groups (broad SMARTS) is 1. The fraction of sp³-hybridized carbons (Fsp3) is 0.385. The molecule has 0 aliphatic carbocycles. The highest BCUT2D eigenvalue weighted by molar-refractivity contribution is 9.10. The minimum atomic E-state index is -1.18. The molecule has 0 radical (unpaired) electrons. The lowest BCUT2D eigenvalue weighted by Crippen LogP contribution is -2.27. The van der Waals surface area contributed by atoms with Crippen LogP contribution in [0.5, 0.6) is 5.75 Å². The number of benzene rings is 1. The van der Waals surface area contributed by atoms with Gasteiger partial charge in [0.15, 0.2) is 0 Å². The van der Waals surface area contributed by atoms with E-state index < -0.39 is 17.7 Å². The van der Waals surface area contributed by atoms with Crippen LogP contribution in [-0.2, 0) is 4.74 Å². The number of carbonyl (C=O) groups excluding carboxylic acids is 1. The zero-order valence-electron chi connectivity index (χ0n) is 11.6. The summed E-state index contributed by atoms with van der Waals surface area (Å²) in [4.78, 5) is 22.9. The maximum atomic E-state index is 11.7. The molecule has 6 nitrogen and oxygen atoms in total. The molecule has 0 saturated carbocycles. The molecule has 20 heavy (non-hydrogen) atoms. The van der Waals surface area contributed by atoms with Gasteiger partial charge in [0.25, 0.3) is 0 Å². The van der Waals surface area contributed by atoms with Crippen LogP contribution in [0.25, 0.3) is 0 Å². The van der Waals surface area contributed by atoms with Crippen molar-refractivity contribution < 1.29 is 24.2 Å². The summed E-state index contributed by atoms with van der Waals surface area (Å²) in [7, 11) is 1.42. The second-order valence-electron chi connectivity index (χ2n) is 4.96. The smallest absolute Gasteiger partial charge is 0.412 e. The van der Waals surface area contributed by atoms with Gasteiger partial charge in [-0.05, 0) is 48.8 Å². The fourth-order valence-corrected chi connectivity index (χ4v) is 1.91. The summed E-state index contributed by atoms with van der Waals surface area (Å²) in [6.07, 6.45) is -0.725. The van der Waals surface area contributed by atoms with Gasteiger partial charge in [-0.15, -0.1) is 0 Å². The molecule has 0 spiro atoms. The number of ether oxygens (including phenoxy) is 2. The van der Waals surface area contributed by atoms with E-state index in [1.807, 2.05) is 0 Å². The Balaban J connectivity index is 3.08. The first-order valence-electron chi connectivity index (χ1n) is 5.75. The summed E-state index contributed by atoms with van der Waals surface area (Å²) in [5, 5.41) is 11.6. The molecular weight excluding hydrogens is 330 g/mol. The van der Waals surface area contributed by atoms with Gasteiger partial charge in [-0.2, -0.15) is 0 Å². The average molecular weight is 346 g/mol. The number of halogens is 1. The predicted molar refractivity (Wildman–Crippen MR) is 77.5 cm³/mol. The second-order valence-corrected chi connectivity index (χ2v) is 5.82. The highest BCUT2D eigenvalue weighted by atomic mass is 79.9. The number of aromatic carboxylic acids is 1. The lowest BCUT2D eigenvalue weighted by atomic mass is 10.1. The molecule has 110 valence electrons. The average Bonchev–Trinajstić information content (AvgIpc) is 2.25. The zero-order valence-corrected chi connectivity index (χ0v) is 13.2. The number of carbonyl (C=O) groups is 2. The molecule has 7 heteroatoms. The molecule has 1 rings (SSSR count). The van der Waals surface area contributed by atoms with E-state index in [9.17, 15) is 9.59 Å². The number of amides is 1. The van der Waals surface area contributed by atoms with Crippen LogP contribution >= 0.6 is 15.9 Å². The lowest BCUT2D eigenvalue weighted by molar-refractivity contribution is 0.0636. The Morgan fingerprint density at radius 3 is 2.35 bits per heavy atom. The van der Waals surface area contributed by atoms with E-state index in [2.05, 4.69) is 21.2 Å². The third kappa shape index (κ3) is 4.41. The van der Waals surface area contributed by atoms with Crippen molar-refractivity contribution in [3.05, 3.63) is 22.2 Å². The molecule has 0 aliphatic heterocycles. The summed E-state index contributed by atoms with van der Waals surface area (Å²) in [5.41, 5.74) is -0.632. The van der Waals surface area contributed by atoms with E-state index in [0.29, 0.717) is 10.2 Å². The van der Waals surface area contributed by atoms with Gasteiger partial charge in [0, 0.05) is 0 Å². The Hall–Kier alpha value is -1.76. The normalized spacial score (nSPS) is 10.8. The first kappa shape index (κ1) is 16.3. The number of anilines is 1. The van der Waals surface area contributed by atoms with Crippen molar-refractivity contribution in [3.63, 3.8) is 0 Å². The molecule has 0 bridgehead atoms. The number of hydrogen-bond acceptors (Lipinski definition) is 4.